The summed E-state index contributed by atoms with van der Waals surface area (Å²) in [4.78, 5) is 0. The quantitative estimate of drug-likeness (QED) is 0.422. The van der Waals surface area contributed by atoms with Crippen LogP contribution in [0.25, 0.3) is 0 Å². The fraction of sp³-hybridized carbons (Fsp3) is 1.00. The maximum atomic E-state index is 9.28. The van der Waals surface area contributed by atoms with Crippen LogP contribution in [0.4, 0.5) is 0 Å². The van der Waals surface area contributed by atoms with E-state index in [-0.39, 0.29) is 18.5 Å². The average molecular weight is 339 g/mol. The lowest BCUT2D eigenvalue weighted by molar-refractivity contribution is 0.301. The number of aliphatic hydroxyl groups excluding tert-OH is 2. The average Bonchev–Trinajstić information content (AvgIpc) is 2.36. The maximum absolute atomic E-state index is 9.28. The molecule has 0 amide bonds. The van der Waals surface area contributed by atoms with Crippen LogP contribution in [-0.4, -0.2) is 68.7 Å². The summed E-state index contributed by atoms with van der Waals surface area (Å²) in [5.41, 5.74) is 0. The van der Waals surface area contributed by atoms with Crippen molar-refractivity contribution in [3.05, 3.63) is 0 Å². The first kappa shape index (κ1) is 18.6. The highest BCUT2D eigenvalue weighted by atomic mass is 35.5. The molecule has 0 aromatic rings. The van der Waals surface area contributed by atoms with E-state index >= 15 is 0 Å². The van der Waals surface area contributed by atoms with Crippen molar-refractivity contribution < 1.29 is 10.2 Å². The first-order chi connectivity index (χ1) is 8.28. The fourth-order valence-electron chi connectivity index (χ4n) is 1.08. The number of hydrogen-bond donors (Lipinski definition) is 2. The summed E-state index contributed by atoms with van der Waals surface area (Å²) in [6.45, 7) is 0.386. The van der Waals surface area contributed by atoms with E-state index in [4.69, 9.17) is 28.3 Å². The molecule has 0 aromatic heterocycles. The summed E-state index contributed by atoms with van der Waals surface area (Å²) in [6, 6.07) is 0. The third kappa shape index (κ3) is 11.1. The zero-order valence-electron chi connectivity index (χ0n) is 9.69. The van der Waals surface area contributed by atoms with Crippen molar-refractivity contribution in [2.45, 2.75) is 10.5 Å². The second-order valence-electron chi connectivity index (χ2n) is 3.28. The van der Waals surface area contributed by atoms with Crippen molar-refractivity contribution in [1.29, 1.82) is 0 Å². The maximum Gasteiger partial charge on any atom is 0.0558 e. The van der Waals surface area contributed by atoms with Gasteiger partial charge in [-0.25, -0.2) is 0 Å². The molecule has 104 valence electrons. The zero-order chi connectivity index (χ0) is 12.9. The van der Waals surface area contributed by atoms with Crippen LogP contribution in [0.5, 0.6) is 0 Å². The summed E-state index contributed by atoms with van der Waals surface area (Å²) >= 11 is 16.7. The fourth-order valence-corrected chi connectivity index (χ4v) is 5.09. The van der Waals surface area contributed by atoms with Crippen molar-refractivity contribution in [2.75, 3.05) is 48.0 Å². The smallest absolute Gasteiger partial charge is 0.0558 e. The van der Waals surface area contributed by atoms with Crippen LogP contribution < -0.4 is 0 Å². The molecule has 0 radical (unpaired) electrons. The van der Waals surface area contributed by atoms with Crippen LogP contribution in [-0.2, 0) is 0 Å². The largest absolute Gasteiger partial charge is 0.396 e. The lowest BCUT2D eigenvalue weighted by Gasteiger charge is -2.19. The predicted octanol–water partition coefficient (Wildman–Crippen LogP) is 2.39. The van der Waals surface area contributed by atoms with Crippen LogP contribution in [0.2, 0.25) is 0 Å². The third-order valence-electron chi connectivity index (χ3n) is 1.83. The Kier molecular flexibility index (Phi) is 15.2. The molecular weight excluding hydrogens is 319 g/mol. The highest BCUT2D eigenvalue weighted by Gasteiger charge is 2.16. The number of halogens is 2. The molecule has 2 unspecified atom stereocenters. The van der Waals surface area contributed by atoms with Crippen LogP contribution in [0.1, 0.15) is 0 Å². The number of alkyl halides is 2. The standard InChI is InChI=1S/C10H20Cl2O2S3/c11-1-3-15-8-10(6-14)17-9(5-12)7-16-4-2-13/h9-10,13-14H,1-8H2. The lowest BCUT2D eigenvalue weighted by Crippen LogP contribution is -2.20. The van der Waals surface area contributed by atoms with Gasteiger partial charge in [-0.2, -0.15) is 23.5 Å². The minimum atomic E-state index is 0.179. The monoisotopic (exact) mass is 338 g/mol. The molecule has 0 rings (SSSR count). The van der Waals surface area contributed by atoms with Crippen molar-refractivity contribution in [3.8, 4) is 0 Å². The van der Waals surface area contributed by atoms with E-state index in [1.165, 1.54) is 0 Å². The van der Waals surface area contributed by atoms with Crippen molar-refractivity contribution in [3.63, 3.8) is 0 Å². The van der Waals surface area contributed by atoms with Crippen molar-refractivity contribution in [2.24, 2.45) is 0 Å². The van der Waals surface area contributed by atoms with Gasteiger partial charge in [-0.3, -0.25) is 0 Å². The van der Waals surface area contributed by atoms with Gasteiger partial charge in [0.25, 0.3) is 0 Å². The Labute approximate surface area is 127 Å². The molecule has 0 saturated carbocycles. The van der Waals surface area contributed by atoms with Gasteiger partial charge in [0.2, 0.25) is 0 Å². The summed E-state index contributed by atoms with van der Waals surface area (Å²) in [5.74, 6) is 4.73. The molecule has 0 fully saturated rings. The molecule has 0 aliphatic heterocycles. The molecule has 17 heavy (non-hydrogen) atoms. The lowest BCUT2D eigenvalue weighted by atomic mass is 10.5. The van der Waals surface area contributed by atoms with E-state index in [1.54, 1.807) is 35.3 Å². The van der Waals surface area contributed by atoms with Gasteiger partial charge >= 0.3 is 0 Å². The Bertz CT molecular complexity index is 150. The van der Waals surface area contributed by atoms with Gasteiger partial charge in [0.1, 0.15) is 0 Å². The van der Waals surface area contributed by atoms with Gasteiger partial charge in [-0.15, -0.1) is 35.0 Å². The van der Waals surface area contributed by atoms with Gasteiger partial charge in [-0.05, 0) is 0 Å². The van der Waals surface area contributed by atoms with E-state index < -0.39 is 0 Å². The zero-order valence-corrected chi connectivity index (χ0v) is 13.6. The number of rotatable bonds is 12. The topological polar surface area (TPSA) is 40.5 Å². The second-order valence-corrected chi connectivity index (χ2v) is 7.87. The molecule has 2 N–H and O–H groups in total. The minimum absolute atomic E-state index is 0.179. The first-order valence-corrected chi connectivity index (χ1v) is 9.75. The molecule has 7 heteroatoms. The number of thioether (sulfide) groups is 3. The Morgan fingerprint density at radius 1 is 0.941 bits per heavy atom. The molecule has 0 aliphatic rings. The van der Waals surface area contributed by atoms with Crippen molar-refractivity contribution >= 4 is 58.5 Å². The summed E-state index contributed by atoms with van der Waals surface area (Å²) in [5, 5.41) is 18.6. The Hall–Kier alpha value is 1.55. The van der Waals surface area contributed by atoms with E-state index in [2.05, 4.69) is 0 Å². The number of hydrogen-bond acceptors (Lipinski definition) is 5. The van der Waals surface area contributed by atoms with Gasteiger partial charge in [-0.1, -0.05) is 0 Å². The van der Waals surface area contributed by atoms with Gasteiger partial charge in [0.05, 0.1) is 13.2 Å². The molecule has 0 aromatic carbocycles. The molecule has 0 saturated heterocycles. The van der Waals surface area contributed by atoms with E-state index in [0.717, 1.165) is 23.0 Å². The Balaban J connectivity index is 3.77. The molecule has 0 aliphatic carbocycles. The Morgan fingerprint density at radius 2 is 1.59 bits per heavy atom. The van der Waals surface area contributed by atoms with Gasteiger partial charge < -0.3 is 10.2 Å². The van der Waals surface area contributed by atoms with E-state index in [0.29, 0.717) is 17.0 Å². The van der Waals surface area contributed by atoms with Gasteiger partial charge in [0.15, 0.2) is 0 Å². The second kappa shape index (κ2) is 14.0. The number of aliphatic hydroxyl groups is 2. The SMILES string of the molecule is OCCSCC(CCl)SC(CO)CSCCCl. The molecule has 0 bridgehead atoms. The first-order valence-electron chi connectivity index (χ1n) is 5.43. The molecule has 2 nitrogen and oxygen atoms in total. The van der Waals surface area contributed by atoms with Crippen LogP contribution in [0, 0.1) is 0 Å². The molecule has 0 spiro atoms. The highest BCUT2D eigenvalue weighted by molar-refractivity contribution is 8.05. The summed E-state index contributed by atoms with van der Waals surface area (Å²) in [7, 11) is 0. The molecular formula is C10H20Cl2O2S3. The third-order valence-corrected chi connectivity index (χ3v) is 6.87. The normalized spacial score (nSPS) is 14.8. The van der Waals surface area contributed by atoms with Crippen LogP contribution in [0.3, 0.4) is 0 Å². The van der Waals surface area contributed by atoms with Crippen molar-refractivity contribution in [1.82, 2.24) is 0 Å². The summed E-state index contributed by atoms with van der Waals surface area (Å²) in [6.07, 6.45) is 0. The predicted molar refractivity (Wildman–Crippen MR) is 85.4 cm³/mol. The van der Waals surface area contributed by atoms with E-state index in [9.17, 15) is 5.11 Å². The molecule has 0 heterocycles. The molecule has 2 atom stereocenters. The highest BCUT2D eigenvalue weighted by Crippen LogP contribution is 2.25. The minimum Gasteiger partial charge on any atom is -0.396 e. The van der Waals surface area contributed by atoms with E-state index in [1.807, 2.05) is 0 Å². The van der Waals surface area contributed by atoms with Crippen LogP contribution in [0.15, 0.2) is 0 Å². The van der Waals surface area contributed by atoms with Gasteiger partial charge in [0, 0.05) is 45.3 Å². The summed E-state index contributed by atoms with van der Waals surface area (Å²) < 4.78 is 0. The van der Waals surface area contributed by atoms with Crippen LogP contribution >= 0.6 is 58.5 Å². The Morgan fingerprint density at radius 3 is 2.12 bits per heavy atom.